The van der Waals surface area contributed by atoms with E-state index in [4.69, 9.17) is 23.2 Å². The molecular weight excluding hydrogens is 355 g/mol. The van der Waals surface area contributed by atoms with E-state index in [0.29, 0.717) is 28.2 Å². The first kappa shape index (κ1) is 18.1. The molecule has 3 nitrogen and oxygen atoms in total. The number of rotatable bonds is 5. The molecule has 0 aromatic heterocycles. The topological polar surface area (TPSA) is 41.1 Å². The Hall–Kier alpha value is -1.71. The maximum Gasteiger partial charge on any atom is 0.224 e. The number of amides is 1. The van der Waals surface area contributed by atoms with Gasteiger partial charge in [-0.2, -0.15) is 0 Å². The molecule has 0 bridgehead atoms. The Bertz CT molecular complexity index is 722. The molecule has 132 valence electrons. The highest BCUT2D eigenvalue weighted by atomic mass is 35.5. The summed E-state index contributed by atoms with van der Waals surface area (Å²) >= 11 is 12.5. The number of carbonyl (C=O) groups excluding carboxylic acids is 1. The summed E-state index contributed by atoms with van der Waals surface area (Å²) in [6, 6.07) is 13.4. The number of anilines is 2. The van der Waals surface area contributed by atoms with E-state index in [-0.39, 0.29) is 5.91 Å². The molecule has 2 aromatic rings. The van der Waals surface area contributed by atoms with E-state index in [1.54, 1.807) is 18.2 Å². The summed E-state index contributed by atoms with van der Waals surface area (Å²) in [4.78, 5) is 12.4. The Morgan fingerprint density at radius 3 is 2.36 bits per heavy atom. The zero-order valence-corrected chi connectivity index (χ0v) is 15.5. The van der Waals surface area contributed by atoms with Crippen molar-refractivity contribution in [3.8, 4) is 0 Å². The molecule has 0 spiro atoms. The maximum absolute atomic E-state index is 12.4. The van der Waals surface area contributed by atoms with Crippen LogP contribution in [0.5, 0.6) is 0 Å². The largest absolute Gasteiger partial charge is 0.353 e. The minimum absolute atomic E-state index is 0.0615. The fraction of sp³-hybridized carbons (Fsp3) is 0.350. The molecule has 1 saturated carbocycles. The zero-order valence-electron chi connectivity index (χ0n) is 14.0. The van der Waals surface area contributed by atoms with Crippen LogP contribution in [-0.2, 0) is 11.2 Å². The first-order chi connectivity index (χ1) is 12.1. The van der Waals surface area contributed by atoms with E-state index < -0.39 is 0 Å². The lowest BCUT2D eigenvalue weighted by atomic mass is 9.95. The van der Waals surface area contributed by atoms with Gasteiger partial charge in [0.2, 0.25) is 5.91 Å². The normalized spacial score (nSPS) is 15.0. The van der Waals surface area contributed by atoms with Crippen molar-refractivity contribution >= 4 is 40.5 Å². The van der Waals surface area contributed by atoms with Crippen LogP contribution >= 0.6 is 23.2 Å². The predicted octanol–water partition coefficient (Wildman–Crippen LogP) is 5.73. The van der Waals surface area contributed by atoms with Crippen molar-refractivity contribution in [2.24, 2.45) is 0 Å². The van der Waals surface area contributed by atoms with E-state index in [2.05, 4.69) is 10.6 Å². The average molecular weight is 377 g/mol. The van der Waals surface area contributed by atoms with Crippen molar-refractivity contribution in [3.63, 3.8) is 0 Å². The van der Waals surface area contributed by atoms with Crippen molar-refractivity contribution in [2.45, 2.75) is 44.6 Å². The SMILES string of the molecule is O=C(Cc1ccccc1Nc1c(Cl)cccc1Cl)NC1CCCCC1. The van der Waals surface area contributed by atoms with Gasteiger partial charge in [0.05, 0.1) is 22.2 Å². The van der Waals surface area contributed by atoms with Crippen LogP contribution in [0, 0.1) is 0 Å². The number of benzene rings is 2. The average Bonchev–Trinajstić information content (AvgIpc) is 2.60. The highest BCUT2D eigenvalue weighted by Gasteiger charge is 2.17. The number of nitrogens with one attached hydrogen (secondary N) is 2. The lowest BCUT2D eigenvalue weighted by Crippen LogP contribution is -2.37. The van der Waals surface area contributed by atoms with Gasteiger partial charge >= 0.3 is 0 Å². The number of para-hydroxylation sites is 2. The Morgan fingerprint density at radius 1 is 0.960 bits per heavy atom. The quantitative estimate of drug-likeness (QED) is 0.699. The summed E-state index contributed by atoms with van der Waals surface area (Å²) in [6.45, 7) is 0. The van der Waals surface area contributed by atoms with Gasteiger partial charge in [0.25, 0.3) is 0 Å². The first-order valence-corrected chi connectivity index (χ1v) is 9.47. The van der Waals surface area contributed by atoms with Gasteiger partial charge in [-0.25, -0.2) is 0 Å². The lowest BCUT2D eigenvalue weighted by molar-refractivity contribution is -0.121. The molecule has 2 N–H and O–H groups in total. The predicted molar refractivity (Wildman–Crippen MR) is 105 cm³/mol. The third-order valence-corrected chi connectivity index (χ3v) is 5.19. The van der Waals surface area contributed by atoms with Gasteiger partial charge in [-0.3, -0.25) is 4.79 Å². The highest BCUT2D eigenvalue weighted by Crippen LogP contribution is 2.33. The van der Waals surface area contributed by atoms with Crippen LogP contribution in [0.15, 0.2) is 42.5 Å². The summed E-state index contributed by atoms with van der Waals surface area (Å²) in [5.74, 6) is 0.0615. The van der Waals surface area contributed by atoms with Gasteiger partial charge in [-0.05, 0) is 36.6 Å². The minimum atomic E-state index is 0.0615. The van der Waals surface area contributed by atoms with Gasteiger partial charge in [-0.15, -0.1) is 0 Å². The van der Waals surface area contributed by atoms with Crippen LogP contribution in [0.3, 0.4) is 0 Å². The molecule has 25 heavy (non-hydrogen) atoms. The van der Waals surface area contributed by atoms with Crippen molar-refractivity contribution < 1.29 is 4.79 Å². The fourth-order valence-electron chi connectivity index (χ4n) is 3.25. The van der Waals surface area contributed by atoms with E-state index in [1.807, 2.05) is 24.3 Å². The van der Waals surface area contributed by atoms with Crippen molar-refractivity contribution in [1.29, 1.82) is 0 Å². The third kappa shape index (κ3) is 4.90. The molecule has 0 atom stereocenters. The molecule has 1 aliphatic rings. The Balaban J connectivity index is 1.71. The Morgan fingerprint density at radius 2 is 1.64 bits per heavy atom. The summed E-state index contributed by atoms with van der Waals surface area (Å²) in [5.41, 5.74) is 2.43. The number of hydrogen-bond acceptors (Lipinski definition) is 2. The number of carbonyl (C=O) groups is 1. The number of hydrogen-bond donors (Lipinski definition) is 2. The molecule has 0 aliphatic heterocycles. The molecule has 0 radical (unpaired) electrons. The first-order valence-electron chi connectivity index (χ1n) is 8.72. The summed E-state index contributed by atoms with van der Waals surface area (Å²) in [5, 5.41) is 7.54. The second-order valence-corrected chi connectivity index (χ2v) is 7.27. The summed E-state index contributed by atoms with van der Waals surface area (Å²) in [7, 11) is 0. The molecular formula is C20H22Cl2N2O. The molecule has 5 heteroatoms. The van der Waals surface area contributed by atoms with Crippen LogP contribution in [0.2, 0.25) is 10.0 Å². The third-order valence-electron chi connectivity index (χ3n) is 4.56. The van der Waals surface area contributed by atoms with Crippen molar-refractivity contribution in [1.82, 2.24) is 5.32 Å². The molecule has 0 unspecified atom stereocenters. The molecule has 0 heterocycles. The van der Waals surface area contributed by atoms with E-state index in [1.165, 1.54) is 19.3 Å². The van der Waals surface area contributed by atoms with Crippen molar-refractivity contribution in [3.05, 3.63) is 58.1 Å². The van der Waals surface area contributed by atoms with Gasteiger partial charge in [-0.1, -0.05) is 66.7 Å². The van der Waals surface area contributed by atoms with Crippen LogP contribution in [0.4, 0.5) is 11.4 Å². The maximum atomic E-state index is 12.4. The summed E-state index contributed by atoms with van der Waals surface area (Å²) in [6.07, 6.45) is 6.18. The molecule has 1 fully saturated rings. The smallest absolute Gasteiger partial charge is 0.224 e. The Labute approximate surface area is 158 Å². The second kappa shape index (κ2) is 8.59. The van der Waals surface area contributed by atoms with Crippen LogP contribution < -0.4 is 10.6 Å². The standard InChI is InChI=1S/C20H22Cl2N2O/c21-16-10-6-11-17(22)20(16)24-18-12-5-4-7-14(18)13-19(25)23-15-8-2-1-3-9-15/h4-7,10-12,15,24H,1-3,8-9,13H2,(H,23,25). The van der Waals surface area contributed by atoms with Crippen LogP contribution in [0.25, 0.3) is 0 Å². The monoisotopic (exact) mass is 376 g/mol. The van der Waals surface area contributed by atoms with E-state index in [9.17, 15) is 4.79 Å². The van der Waals surface area contributed by atoms with Gasteiger partial charge in [0, 0.05) is 11.7 Å². The van der Waals surface area contributed by atoms with E-state index in [0.717, 1.165) is 24.1 Å². The molecule has 1 aliphatic carbocycles. The van der Waals surface area contributed by atoms with Gasteiger partial charge in [0.15, 0.2) is 0 Å². The van der Waals surface area contributed by atoms with Gasteiger partial charge in [0.1, 0.15) is 0 Å². The second-order valence-electron chi connectivity index (χ2n) is 6.46. The molecule has 1 amide bonds. The molecule has 0 saturated heterocycles. The van der Waals surface area contributed by atoms with Crippen molar-refractivity contribution in [2.75, 3.05) is 5.32 Å². The molecule has 3 rings (SSSR count). The van der Waals surface area contributed by atoms with Crippen LogP contribution in [0.1, 0.15) is 37.7 Å². The Kier molecular flexibility index (Phi) is 6.22. The lowest BCUT2D eigenvalue weighted by Gasteiger charge is -2.23. The summed E-state index contributed by atoms with van der Waals surface area (Å²) < 4.78 is 0. The fourth-order valence-corrected chi connectivity index (χ4v) is 3.74. The van der Waals surface area contributed by atoms with E-state index >= 15 is 0 Å². The number of halogens is 2. The minimum Gasteiger partial charge on any atom is -0.353 e. The highest BCUT2D eigenvalue weighted by molar-refractivity contribution is 6.39. The zero-order chi connectivity index (χ0) is 17.6. The van der Waals surface area contributed by atoms with Gasteiger partial charge < -0.3 is 10.6 Å². The van der Waals surface area contributed by atoms with Crippen LogP contribution in [-0.4, -0.2) is 11.9 Å². The molecule has 2 aromatic carbocycles.